The van der Waals surface area contributed by atoms with Crippen LogP contribution in [0.4, 0.5) is 27.8 Å². The average Bonchev–Trinajstić information content (AvgIpc) is 3.43. The number of hydrogen-bond donors (Lipinski definition) is 2. The van der Waals surface area contributed by atoms with E-state index in [2.05, 4.69) is 63.5 Å². The fourth-order valence-electron chi connectivity index (χ4n) is 5.24. The molecule has 4 aromatic rings. The van der Waals surface area contributed by atoms with Gasteiger partial charge in [-0.15, -0.1) is 0 Å². The van der Waals surface area contributed by atoms with Crippen molar-refractivity contribution in [3.8, 4) is 11.3 Å². The molecule has 214 valence electrons. The maximum atomic E-state index is 12.7. The van der Waals surface area contributed by atoms with Gasteiger partial charge in [-0.2, -0.15) is 10.1 Å². The van der Waals surface area contributed by atoms with Gasteiger partial charge in [0, 0.05) is 67.9 Å². The van der Waals surface area contributed by atoms with Crippen LogP contribution >= 0.6 is 0 Å². The second kappa shape index (κ2) is 11.7. The fourth-order valence-corrected chi connectivity index (χ4v) is 5.24. The number of urea groups is 1. The number of carbonyl (C=O) groups excluding carboxylic acids is 1. The lowest BCUT2D eigenvalue weighted by molar-refractivity contribution is 0.122. The Hall–Kier alpha value is -4.22. The zero-order chi connectivity index (χ0) is 28.3. The van der Waals surface area contributed by atoms with Crippen LogP contribution in [0, 0.1) is 0 Å². The molecule has 2 N–H and O–H groups in total. The molecule has 2 saturated heterocycles. The van der Waals surface area contributed by atoms with Crippen molar-refractivity contribution < 1.29 is 9.53 Å². The fraction of sp³-hybridized carbons (Fsp3) is 0.400. The molecule has 41 heavy (non-hydrogen) atoms. The van der Waals surface area contributed by atoms with Crippen LogP contribution in [0.3, 0.4) is 0 Å². The van der Waals surface area contributed by atoms with E-state index < -0.39 is 0 Å². The first kappa shape index (κ1) is 27.0. The average molecular weight is 556 g/mol. The molecule has 2 aromatic heterocycles. The maximum Gasteiger partial charge on any atom is 0.323 e. The maximum absolute atomic E-state index is 12.7. The number of hydrogen-bond acceptors (Lipinski definition) is 8. The highest BCUT2D eigenvalue weighted by Gasteiger charge is 2.21. The summed E-state index contributed by atoms with van der Waals surface area (Å²) in [5, 5.41) is 11.4. The zero-order valence-electron chi connectivity index (χ0n) is 23.9. The molecular weight excluding hydrogens is 518 g/mol. The van der Waals surface area contributed by atoms with Crippen molar-refractivity contribution in [2.75, 3.05) is 80.0 Å². The second-order valence-electron chi connectivity index (χ2n) is 10.9. The van der Waals surface area contributed by atoms with Crippen LogP contribution in [0.1, 0.15) is 19.9 Å². The number of anilines is 4. The molecule has 0 radical (unpaired) electrons. The van der Waals surface area contributed by atoms with E-state index in [0.717, 1.165) is 67.2 Å². The number of rotatable bonds is 6. The van der Waals surface area contributed by atoms with E-state index in [9.17, 15) is 4.79 Å². The lowest BCUT2D eigenvalue weighted by Crippen LogP contribution is -2.44. The van der Waals surface area contributed by atoms with Crippen LogP contribution in [0.15, 0.2) is 54.7 Å². The van der Waals surface area contributed by atoms with E-state index in [1.54, 1.807) is 0 Å². The third kappa shape index (κ3) is 5.96. The molecule has 2 aliphatic rings. The van der Waals surface area contributed by atoms with Gasteiger partial charge in [-0.25, -0.2) is 14.5 Å². The van der Waals surface area contributed by atoms with E-state index in [1.165, 1.54) is 5.69 Å². The Morgan fingerprint density at radius 3 is 2.10 bits per heavy atom. The summed E-state index contributed by atoms with van der Waals surface area (Å²) in [4.78, 5) is 29.4. The third-order valence-electron chi connectivity index (χ3n) is 7.63. The smallest absolute Gasteiger partial charge is 0.323 e. The van der Waals surface area contributed by atoms with E-state index >= 15 is 0 Å². The van der Waals surface area contributed by atoms with Crippen LogP contribution in [0.25, 0.3) is 22.3 Å². The lowest BCUT2D eigenvalue weighted by Gasteiger charge is -2.34. The van der Waals surface area contributed by atoms with Gasteiger partial charge in [-0.1, -0.05) is 12.1 Å². The van der Waals surface area contributed by atoms with Crippen molar-refractivity contribution in [2.45, 2.75) is 19.9 Å². The predicted molar refractivity (Wildman–Crippen MR) is 163 cm³/mol. The number of nitrogens with one attached hydrogen (secondary N) is 2. The van der Waals surface area contributed by atoms with Gasteiger partial charge < -0.3 is 30.1 Å². The summed E-state index contributed by atoms with van der Waals surface area (Å²) in [5.74, 6) is 0.679. The van der Waals surface area contributed by atoms with Crippen molar-refractivity contribution in [1.29, 1.82) is 0 Å². The van der Waals surface area contributed by atoms with Gasteiger partial charge in [-0.3, -0.25) is 0 Å². The first-order valence-corrected chi connectivity index (χ1v) is 14.2. The molecule has 11 heteroatoms. The number of likely N-dealkylation sites (N-methyl/N-ethyl adjacent to an activating group) is 1. The predicted octanol–water partition coefficient (Wildman–Crippen LogP) is 4.31. The summed E-state index contributed by atoms with van der Waals surface area (Å²) in [6.07, 6.45) is 1.84. The van der Waals surface area contributed by atoms with Crippen LogP contribution in [-0.4, -0.2) is 90.2 Å². The van der Waals surface area contributed by atoms with Gasteiger partial charge in [0.2, 0.25) is 5.95 Å². The number of ether oxygens (including phenoxy) is 1. The lowest BCUT2D eigenvalue weighted by atomic mass is 10.1. The van der Waals surface area contributed by atoms with Crippen LogP contribution < -0.4 is 20.4 Å². The van der Waals surface area contributed by atoms with Gasteiger partial charge in [-0.05, 0) is 57.3 Å². The third-order valence-corrected chi connectivity index (χ3v) is 7.63. The Morgan fingerprint density at radius 2 is 1.46 bits per heavy atom. The van der Waals surface area contributed by atoms with Crippen molar-refractivity contribution in [1.82, 2.24) is 24.6 Å². The Labute approximate surface area is 240 Å². The number of amides is 2. The number of benzene rings is 2. The van der Waals surface area contributed by atoms with Crippen molar-refractivity contribution in [3.05, 3.63) is 54.7 Å². The number of carbonyl (C=O) groups is 1. The molecule has 0 unspecified atom stereocenters. The zero-order valence-corrected chi connectivity index (χ0v) is 23.9. The summed E-state index contributed by atoms with van der Waals surface area (Å²) < 4.78 is 7.46. The minimum atomic E-state index is -0.290. The number of nitrogens with zero attached hydrogens (tertiary/aromatic N) is 7. The second-order valence-corrected chi connectivity index (χ2v) is 10.9. The summed E-state index contributed by atoms with van der Waals surface area (Å²) in [7, 11) is 2.15. The van der Waals surface area contributed by atoms with E-state index in [1.807, 2.05) is 47.3 Å². The number of piperazine rings is 1. The highest BCUT2D eigenvalue weighted by Crippen LogP contribution is 2.30. The molecule has 0 bridgehead atoms. The Morgan fingerprint density at radius 1 is 0.829 bits per heavy atom. The van der Waals surface area contributed by atoms with Crippen LogP contribution in [0.5, 0.6) is 0 Å². The molecule has 2 aromatic carbocycles. The summed E-state index contributed by atoms with van der Waals surface area (Å²) >= 11 is 0. The molecule has 0 aliphatic carbocycles. The standard InChI is InChI=1S/C30H37N9O2/c1-21(2)39-28-26(20-31-39)27(34-29(35-28)38-16-18-41-19-17-38)22-4-6-23(7-5-22)32-30(40)33-24-8-10-25(11-9-24)37-14-12-36(3)13-15-37/h4-11,20-21H,12-19H2,1-3H3,(H2,32,33,40). The molecule has 0 atom stereocenters. The molecule has 11 nitrogen and oxygen atoms in total. The molecule has 0 saturated carbocycles. The normalized spacial score (nSPS) is 16.4. The quantitative estimate of drug-likeness (QED) is 0.363. The van der Waals surface area contributed by atoms with Gasteiger partial charge in [0.15, 0.2) is 5.65 Å². The molecule has 4 heterocycles. The van der Waals surface area contributed by atoms with Crippen LogP contribution in [0.2, 0.25) is 0 Å². The summed E-state index contributed by atoms with van der Waals surface area (Å²) in [6, 6.07) is 15.6. The summed E-state index contributed by atoms with van der Waals surface area (Å²) in [5.41, 5.74) is 5.18. The highest BCUT2D eigenvalue weighted by molar-refractivity contribution is 6.00. The highest BCUT2D eigenvalue weighted by atomic mass is 16.5. The van der Waals surface area contributed by atoms with Crippen molar-refractivity contribution in [2.24, 2.45) is 0 Å². The molecule has 2 aliphatic heterocycles. The van der Waals surface area contributed by atoms with Crippen molar-refractivity contribution >= 4 is 40.1 Å². The van der Waals surface area contributed by atoms with E-state index in [-0.39, 0.29) is 12.1 Å². The van der Waals surface area contributed by atoms with Crippen molar-refractivity contribution in [3.63, 3.8) is 0 Å². The summed E-state index contributed by atoms with van der Waals surface area (Å²) in [6.45, 7) is 11.1. The van der Waals surface area contributed by atoms with Gasteiger partial charge in [0.1, 0.15) is 0 Å². The first-order chi connectivity index (χ1) is 19.9. The Bertz CT molecular complexity index is 1490. The largest absolute Gasteiger partial charge is 0.378 e. The van der Waals surface area contributed by atoms with Gasteiger partial charge in [0.05, 0.1) is 30.5 Å². The number of aromatic nitrogens is 4. The molecule has 0 spiro atoms. The first-order valence-electron chi connectivity index (χ1n) is 14.2. The van der Waals surface area contributed by atoms with E-state index in [0.29, 0.717) is 24.8 Å². The van der Waals surface area contributed by atoms with Gasteiger partial charge >= 0.3 is 6.03 Å². The van der Waals surface area contributed by atoms with Crippen LogP contribution in [-0.2, 0) is 4.74 Å². The Balaban J connectivity index is 1.16. The van der Waals surface area contributed by atoms with Gasteiger partial charge in [0.25, 0.3) is 0 Å². The van der Waals surface area contributed by atoms with E-state index in [4.69, 9.17) is 14.7 Å². The minimum absolute atomic E-state index is 0.167. The minimum Gasteiger partial charge on any atom is -0.378 e. The molecular formula is C30H37N9O2. The Kier molecular flexibility index (Phi) is 7.71. The SMILES string of the molecule is CC(C)n1ncc2c(-c3ccc(NC(=O)Nc4ccc(N5CCN(C)CC5)cc4)cc3)nc(N3CCOCC3)nc21. The number of fused-ring (bicyclic) bond motifs is 1. The molecule has 6 rings (SSSR count). The number of morpholine rings is 1. The molecule has 2 amide bonds. The monoisotopic (exact) mass is 555 g/mol. The topological polar surface area (TPSA) is 104 Å². The molecule has 2 fully saturated rings.